The van der Waals surface area contributed by atoms with Crippen molar-refractivity contribution in [2.24, 2.45) is 5.92 Å². The maximum atomic E-state index is 14.3. The second kappa shape index (κ2) is 8.11. The van der Waals surface area contributed by atoms with Crippen molar-refractivity contribution in [2.75, 3.05) is 0 Å². The first-order chi connectivity index (χ1) is 12.5. The molecule has 0 aliphatic heterocycles. The van der Waals surface area contributed by atoms with E-state index in [0.29, 0.717) is 29.0 Å². The number of aryl methyl sites for hydroxylation is 2. The van der Waals surface area contributed by atoms with Gasteiger partial charge in [-0.25, -0.2) is 13.2 Å². The van der Waals surface area contributed by atoms with Crippen molar-refractivity contribution in [3.8, 4) is 0 Å². The van der Waals surface area contributed by atoms with E-state index in [2.05, 4.69) is 6.08 Å². The summed E-state index contributed by atoms with van der Waals surface area (Å²) in [4.78, 5) is 0. The van der Waals surface area contributed by atoms with Crippen LogP contribution >= 0.6 is 0 Å². The largest absolute Gasteiger partial charge is 0.206 e. The fraction of sp³-hybridized carbons (Fsp3) is 0.391. The van der Waals surface area contributed by atoms with Gasteiger partial charge in [0.2, 0.25) is 0 Å². The van der Waals surface area contributed by atoms with Gasteiger partial charge in [0.25, 0.3) is 0 Å². The monoisotopic (exact) mass is 358 g/mol. The van der Waals surface area contributed by atoms with Crippen molar-refractivity contribution in [3.05, 3.63) is 76.1 Å². The Morgan fingerprint density at radius 2 is 1.69 bits per heavy atom. The van der Waals surface area contributed by atoms with Gasteiger partial charge < -0.3 is 0 Å². The van der Waals surface area contributed by atoms with E-state index in [-0.39, 0.29) is 11.7 Å². The molecular weight excluding hydrogens is 333 g/mol. The SMILES string of the molecule is CCc1ccc(C2CCC(C=Cc3ccc(C)cc3F)CC2)c(F)c1F. The van der Waals surface area contributed by atoms with Crippen LogP contribution < -0.4 is 0 Å². The molecular formula is C23H25F3. The molecule has 3 rings (SSSR count). The summed E-state index contributed by atoms with van der Waals surface area (Å²) in [5, 5.41) is 0. The molecule has 0 spiro atoms. The smallest absolute Gasteiger partial charge is 0.162 e. The predicted octanol–water partition coefficient (Wildman–Crippen LogP) is 6.96. The number of allylic oxidation sites excluding steroid dienone is 1. The van der Waals surface area contributed by atoms with Crippen molar-refractivity contribution >= 4 is 6.08 Å². The molecule has 0 N–H and O–H groups in total. The first kappa shape index (κ1) is 18.8. The minimum absolute atomic E-state index is 0.0659. The van der Waals surface area contributed by atoms with Crippen LogP contribution in [0.1, 0.15) is 60.8 Å². The quantitative estimate of drug-likeness (QED) is 0.554. The summed E-state index contributed by atoms with van der Waals surface area (Å²) in [6, 6.07) is 8.69. The van der Waals surface area contributed by atoms with Gasteiger partial charge in [-0.05, 0) is 73.6 Å². The van der Waals surface area contributed by atoms with E-state index in [1.807, 2.05) is 26.0 Å². The van der Waals surface area contributed by atoms with Gasteiger partial charge in [-0.15, -0.1) is 0 Å². The van der Waals surface area contributed by atoms with Crippen LogP contribution in [0.5, 0.6) is 0 Å². The second-order valence-electron chi connectivity index (χ2n) is 7.29. The Bertz CT molecular complexity index is 799. The average Bonchev–Trinajstić information content (AvgIpc) is 2.64. The molecule has 0 atom stereocenters. The van der Waals surface area contributed by atoms with E-state index in [1.54, 1.807) is 18.2 Å². The lowest BCUT2D eigenvalue weighted by Gasteiger charge is -2.27. The van der Waals surface area contributed by atoms with Gasteiger partial charge in [-0.1, -0.05) is 43.3 Å². The van der Waals surface area contributed by atoms with E-state index in [1.165, 1.54) is 6.07 Å². The molecule has 0 saturated heterocycles. The standard InChI is InChI=1S/C23H25F3/c1-3-17-12-13-20(23(26)22(17)25)18-9-5-16(6-10-18)7-11-19-8-4-15(2)14-21(19)24/h4,7-8,11-14,16,18H,3,5-6,9-10H2,1-2H3. The summed E-state index contributed by atoms with van der Waals surface area (Å²) in [6.45, 7) is 3.69. The molecule has 26 heavy (non-hydrogen) atoms. The Morgan fingerprint density at radius 3 is 2.35 bits per heavy atom. The lowest BCUT2D eigenvalue weighted by molar-refractivity contribution is 0.364. The van der Waals surface area contributed by atoms with Gasteiger partial charge in [0.15, 0.2) is 11.6 Å². The molecule has 0 radical (unpaired) electrons. The zero-order chi connectivity index (χ0) is 18.7. The predicted molar refractivity (Wildman–Crippen MR) is 101 cm³/mol. The van der Waals surface area contributed by atoms with Crippen LogP contribution in [-0.2, 0) is 6.42 Å². The van der Waals surface area contributed by atoms with Crippen LogP contribution in [0.25, 0.3) is 6.08 Å². The van der Waals surface area contributed by atoms with Crippen molar-refractivity contribution in [3.63, 3.8) is 0 Å². The average molecular weight is 358 g/mol. The van der Waals surface area contributed by atoms with Crippen LogP contribution in [0.2, 0.25) is 0 Å². The summed E-state index contributed by atoms with van der Waals surface area (Å²) in [6.07, 6.45) is 7.87. The maximum Gasteiger partial charge on any atom is 0.162 e. The second-order valence-corrected chi connectivity index (χ2v) is 7.29. The number of hydrogen-bond acceptors (Lipinski definition) is 0. The molecule has 0 unspecified atom stereocenters. The lowest BCUT2D eigenvalue weighted by atomic mass is 9.78. The molecule has 0 nitrogen and oxygen atoms in total. The van der Waals surface area contributed by atoms with E-state index in [4.69, 9.17) is 0 Å². The fourth-order valence-corrected chi connectivity index (χ4v) is 3.82. The van der Waals surface area contributed by atoms with Crippen molar-refractivity contribution in [1.29, 1.82) is 0 Å². The number of rotatable bonds is 4. The molecule has 3 heteroatoms. The third-order valence-electron chi connectivity index (χ3n) is 5.49. The van der Waals surface area contributed by atoms with Gasteiger partial charge in [0, 0.05) is 5.56 Å². The van der Waals surface area contributed by atoms with E-state index in [9.17, 15) is 13.2 Å². The highest BCUT2D eigenvalue weighted by atomic mass is 19.2. The zero-order valence-electron chi connectivity index (χ0n) is 15.4. The van der Waals surface area contributed by atoms with Crippen LogP contribution in [0.15, 0.2) is 36.4 Å². The van der Waals surface area contributed by atoms with Crippen molar-refractivity contribution < 1.29 is 13.2 Å². The molecule has 1 aliphatic rings. The highest BCUT2D eigenvalue weighted by molar-refractivity contribution is 5.51. The first-order valence-electron chi connectivity index (χ1n) is 9.40. The Hall–Kier alpha value is -2.03. The zero-order valence-corrected chi connectivity index (χ0v) is 15.4. The van der Waals surface area contributed by atoms with E-state index < -0.39 is 11.6 Å². The number of hydrogen-bond donors (Lipinski definition) is 0. The fourth-order valence-electron chi connectivity index (χ4n) is 3.82. The molecule has 2 aromatic rings. The first-order valence-corrected chi connectivity index (χ1v) is 9.40. The minimum Gasteiger partial charge on any atom is -0.206 e. The van der Waals surface area contributed by atoms with E-state index in [0.717, 1.165) is 31.2 Å². The van der Waals surface area contributed by atoms with Gasteiger partial charge in [-0.3, -0.25) is 0 Å². The van der Waals surface area contributed by atoms with Crippen LogP contribution in [0.4, 0.5) is 13.2 Å². The molecule has 1 fully saturated rings. The third kappa shape index (κ3) is 4.03. The van der Waals surface area contributed by atoms with E-state index >= 15 is 0 Å². The number of halogens is 3. The molecule has 0 heterocycles. The Morgan fingerprint density at radius 1 is 0.962 bits per heavy atom. The topological polar surface area (TPSA) is 0 Å². The molecule has 2 aromatic carbocycles. The summed E-state index contributed by atoms with van der Waals surface area (Å²) >= 11 is 0. The number of benzene rings is 2. The summed E-state index contributed by atoms with van der Waals surface area (Å²) in [5.74, 6) is -1.15. The third-order valence-corrected chi connectivity index (χ3v) is 5.49. The Balaban J connectivity index is 1.64. The molecule has 0 aromatic heterocycles. The van der Waals surface area contributed by atoms with Crippen molar-refractivity contribution in [1.82, 2.24) is 0 Å². The Labute approximate surface area is 153 Å². The maximum absolute atomic E-state index is 14.3. The van der Waals surface area contributed by atoms with Gasteiger partial charge >= 0.3 is 0 Å². The molecule has 1 saturated carbocycles. The van der Waals surface area contributed by atoms with Gasteiger partial charge in [0.1, 0.15) is 5.82 Å². The summed E-state index contributed by atoms with van der Waals surface area (Å²) < 4.78 is 42.3. The highest BCUT2D eigenvalue weighted by Crippen LogP contribution is 2.38. The van der Waals surface area contributed by atoms with Crippen LogP contribution in [0.3, 0.4) is 0 Å². The van der Waals surface area contributed by atoms with Crippen LogP contribution in [-0.4, -0.2) is 0 Å². The van der Waals surface area contributed by atoms with Crippen LogP contribution in [0, 0.1) is 30.3 Å². The summed E-state index contributed by atoms with van der Waals surface area (Å²) in [5.41, 5.74) is 2.44. The molecule has 0 amide bonds. The normalized spacial score (nSPS) is 20.7. The van der Waals surface area contributed by atoms with Crippen molar-refractivity contribution in [2.45, 2.75) is 51.9 Å². The lowest BCUT2D eigenvalue weighted by Crippen LogP contribution is -2.14. The molecule has 138 valence electrons. The molecule has 0 bridgehead atoms. The summed E-state index contributed by atoms with van der Waals surface area (Å²) in [7, 11) is 0. The minimum atomic E-state index is -0.693. The van der Waals surface area contributed by atoms with Gasteiger partial charge in [-0.2, -0.15) is 0 Å². The Kier molecular flexibility index (Phi) is 5.85. The highest BCUT2D eigenvalue weighted by Gasteiger charge is 2.25. The van der Waals surface area contributed by atoms with Gasteiger partial charge in [0.05, 0.1) is 0 Å². The molecule has 1 aliphatic carbocycles.